The molecule has 0 saturated heterocycles. The highest BCUT2D eigenvalue weighted by atomic mass is 32.2. The highest BCUT2D eigenvalue weighted by Crippen LogP contribution is 2.28. The molecule has 0 radical (unpaired) electrons. The number of amides is 3. The van der Waals surface area contributed by atoms with Crippen molar-refractivity contribution in [2.24, 2.45) is 11.7 Å². The quantitative estimate of drug-likeness (QED) is 0.240. The van der Waals surface area contributed by atoms with E-state index >= 15 is 0 Å². The molecule has 0 spiro atoms. The highest BCUT2D eigenvalue weighted by molar-refractivity contribution is 7.88. The SMILES string of the molecule is CCCN(C(=O)c1ccc2ccccc2n1)[C@@](O)(C(=O)NCc1ccccc1)C(C(N)=O)N(CCC(C)C)S(C)(=O)=O. The number of fused-ring (bicyclic) bond motifs is 1. The standard InChI is InChI=1S/C30H39N5O6S/c1-5-18-34(28(37)25-16-15-23-13-9-10-14-24(23)33-25)30(39,29(38)32-20-22-11-7-6-8-12-22)26(27(31)36)35(42(4,40)41)19-17-21(2)3/h6-16,21,26,39H,5,17-20H2,1-4H3,(H2,31,36)(H,32,38)/t26?,30-/m0/s1. The number of benzene rings is 2. The third-order valence-electron chi connectivity index (χ3n) is 6.84. The predicted molar refractivity (Wildman–Crippen MR) is 160 cm³/mol. The lowest BCUT2D eigenvalue weighted by Crippen LogP contribution is -2.74. The number of carbonyl (C=O) groups is 3. The first-order valence-corrected chi connectivity index (χ1v) is 15.6. The number of para-hydroxylation sites is 1. The molecule has 11 nitrogen and oxygen atoms in total. The zero-order chi connectivity index (χ0) is 31.1. The number of hydrogen-bond donors (Lipinski definition) is 3. The topological polar surface area (TPSA) is 163 Å². The maximum atomic E-state index is 14.1. The number of primary amides is 1. The van der Waals surface area contributed by atoms with Crippen LogP contribution in [0.15, 0.2) is 66.7 Å². The summed E-state index contributed by atoms with van der Waals surface area (Å²) in [6.45, 7) is 4.92. The molecule has 0 aliphatic rings. The third kappa shape index (κ3) is 7.50. The maximum absolute atomic E-state index is 14.1. The second-order valence-corrected chi connectivity index (χ2v) is 12.5. The van der Waals surface area contributed by atoms with Crippen molar-refractivity contribution >= 4 is 38.6 Å². The largest absolute Gasteiger partial charge is 0.368 e. The second-order valence-electron chi connectivity index (χ2n) is 10.6. The van der Waals surface area contributed by atoms with Crippen molar-refractivity contribution in [3.05, 3.63) is 78.0 Å². The molecule has 42 heavy (non-hydrogen) atoms. The number of hydrogen-bond acceptors (Lipinski definition) is 7. The van der Waals surface area contributed by atoms with E-state index in [0.29, 0.717) is 21.8 Å². The van der Waals surface area contributed by atoms with Gasteiger partial charge in [-0.25, -0.2) is 13.4 Å². The van der Waals surface area contributed by atoms with Crippen molar-refractivity contribution in [1.82, 2.24) is 19.5 Å². The van der Waals surface area contributed by atoms with Gasteiger partial charge in [0.1, 0.15) is 5.69 Å². The van der Waals surface area contributed by atoms with E-state index in [1.165, 1.54) is 6.07 Å². The third-order valence-corrected chi connectivity index (χ3v) is 8.09. The Labute approximate surface area is 246 Å². The summed E-state index contributed by atoms with van der Waals surface area (Å²) in [5, 5.41) is 15.7. The minimum absolute atomic E-state index is 0.0120. The Morgan fingerprint density at radius 2 is 1.64 bits per heavy atom. The molecule has 2 atom stereocenters. The van der Waals surface area contributed by atoms with Gasteiger partial charge < -0.3 is 16.2 Å². The molecule has 0 aliphatic heterocycles. The Bertz CT molecular complexity index is 1510. The maximum Gasteiger partial charge on any atom is 0.276 e. The van der Waals surface area contributed by atoms with Crippen LogP contribution in [-0.4, -0.2) is 76.5 Å². The summed E-state index contributed by atoms with van der Waals surface area (Å²) in [5.74, 6) is -3.31. The van der Waals surface area contributed by atoms with Gasteiger partial charge in [0.25, 0.3) is 11.8 Å². The van der Waals surface area contributed by atoms with Crippen LogP contribution in [0.1, 0.15) is 49.7 Å². The average molecular weight is 598 g/mol. The van der Waals surface area contributed by atoms with Gasteiger partial charge in [0.15, 0.2) is 6.04 Å². The average Bonchev–Trinajstić information content (AvgIpc) is 2.95. The van der Waals surface area contributed by atoms with Crippen LogP contribution in [0.4, 0.5) is 0 Å². The summed E-state index contributed by atoms with van der Waals surface area (Å²) in [7, 11) is -4.22. The molecule has 0 saturated carbocycles. The van der Waals surface area contributed by atoms with E-state index in [1.807, 2.05) is 26.0 Å². The summed E-state index contributed by atoms with van der Waals surface area (Å²) in [5.41, 5.74) is 3.82. The van der Waals surface area contributed by atoms with E-state index in [4.69, 9.17) is 5.73 Å². The van der Waals surface area contributed by atoms with Crippen molar-refractivity contribution in [1.29, 1.82) is 0 Å². The van der Waals surface area contributed by atoms with Crippen LogP contribution >= 0.6 is 0 Å². The van der Waals surface area contributed by atoms with Gasteiger partial charge in [-0.3, -0.25) is 19.3 Å². The summed E-state index contributed by atoms with van der Waals surface area (Å²) in [4.78, 5) is 46.4. The molecule has 3 amide bonds. The molecule has 0 fully saturated rings. The van der Waals surface area contributed by atoms with E-state index in [2.05, 4.69) is 10.3 Å². The van der Waals surface area contributed by atoms with Crippen LogP contribution in [0.2, 0.25) is 0 Å². The normalized spacial score (nSPS) is 14.0. The molecule has 2 aromatic carbocycles. The molecule has 3 aromatic rings. The highest BCUT2D eigenvalue weighted by Gasteiger charge is 2.58. The van der Waals surface area contributed by atoms with E-state index in [1.54, 1.807) is 55.5 Å². The fraction of sp³-hybridized carbons (Fsp3) is 0.400. The lowest BCUT2D eigenvalue weighted by atomic mass is 9.97. The minimum atomic E-state index is -4.22. The summed E-state index contributed by atoms with van der Waals surface area (Å²) < 4.78 is 26.8. The van der Waals surface area contributed by atoms with Gasteiger partial charge in [-0.05, 0) is 36.5 Å². The monoisotopic (exact) mass is 597 g/mol. The number of nitrogens with two attached hydrogens (primary N) is 1. The van der Waals surface area contributed by atoms with Crippen molar-refractivity contribution < 1.29 is 27.9 Å². The Morgan fingerprint density at radius 1 is 1.00 bits per heavy atom. The number of sulfonamides is 1. The Hall–Kier alpha value is -3.87. The number of nitrogens with zero attached hydrogens (tertiary/aromatic N) is 3. The van der Waals surface area contributed by atoms with E-state index in [-0.39, 0.29) is 37.7 Å². The summed E-state index contributed by atoms with van der Waals surface area (Å²) >= 11 is 0. The summed E-state index contributed by atoms with van der Waals surface area (Å²) in [6.07, 6.45) is 1.42. The number of nitrogens with one attached hydrogen (secondary N) is 1. The van der Waals surface area contributed by atoms with Crippen LogP contribution < -0.4 is 11.1 Å². The first-order chi connectivity index (χ1) is 19.8. The zero-order valence-electron chi connectivity index (χ0n) is 24.4. The molecule has 1 aromatic heterocycles. The zero-order valence-corrected chi connectivity index (χ0v) is 25.2. The number of aliphatic hydroxyl groups is 1. The van der Waals surface area contributed by atoms with Crippen LogP contribution in [0, 0.1) is 5.92 Å². The summed E-state index contributed by atoms with van der Waals surface area (Å²) in [6, 6.07) is 16.9. The van der Waals surface area contributed by atoms with Gasteiger partial charge >= 0.3 is 0 Å². The van der Waals surface area contributed by atoms with E-state index in [0.717, 1.165) is 16.5 Å². The van der Waals surface area contributed by atoms with Crippen LogP contribution in [0.5, 0.6) is 0 Å². The second kappa shape index (κ2) is 13.9. The molecule has 226 valence electrons. The van der Waals surface area contributed by atoms with Crippen molar-refractivity contribution in [2.45, 2.75) is 51.9 Å². The lowest BCUT2D eigenvalue weighted by Gasteiger charge is -2.45. The number of rotatable bonds is 14. The van der Waals surface area contributed by atoms with Crippen LogP contribution in [0.25, 0.3) is 10.9 Å². The van der Waals surface area contributed by atoms with Gasteiger partial charge in [-0.1, -0.05) is 75.4 Å². The Morgan fingerprint density at radius 3 is 2.24 bits per heavy atom. The van der Waals surface area contributed by atoms with Gasteiger partial charge in [-0.2, -0.15) is 4.31 Å². The Balaban J connectivity index is 2.20. The minimum Gasteiger partial charge on any atom is -0.368 e. The first kappa shape index (κ1) is 32.6. The predicted octanol–water partition coefficient (Wildman–Crippen LogP) is 2.25. The number of pyridine rings is 1. The van der Waals surface area contributed by atoms with Gasteiger partial charge in [-0.15, -0.1) is 0 Å². The number of carbonyl (C=O) groups excluding carboxylic acids is 3. The molecule has 0 aliphatic carbocycles. The fourth-order valence-corrected chi connectivity index (χ4v) is 5.76. The molecular weight excluding hydrogens is 558 g/mol. The van der Waals surface area contributed by atoms with Gasteiger partial charge in [0.2, 0.25) is 21.7 Å². The Kier molecular flexibility index (Phi) is 10.8. The molecule has 0 bridgehead atoms. The van der Waals surface area contributed by atoms with E-state index < -0.39 is 39.5 Å². The van der Waals surface area contributed by atoms with E-state index in [9.17, 15) is 27.9 Å². The van der Waals surface area contributed by atoms with Crippen molar-refractivity contribution in [3.63, 3.8) is 0 Å². The van der Waals surface area contributed by atoms with Crippen molar-refractivity contribution in [2.75, 3.05) is 19.3 Å². The lowest BCUT2D eigenvalue weighted by molar-refractivity contribution is -0.174. The molecule has 12 heteroatoms. The first-order valence-electron chi connectivity index (χ1n) is 13.8. The van der Waals surface area contributed by atoms with Crippen molar-refractivity contribution in [3.8, 4) is 0 Å². The smallest absolute Gasteiger partial charge is 0.276 e. The molecule has 1 heterocycles. The molecule has 3 rings (SSSR count). The van der Waals surface area contributed by atoms with Gasteiger partial charge in [0.05, 0.1) is 11.8 Å². The number of aromatic nitrogens is 1. The van der Waals surface area contributed by atoms with Gasteiger partial charge in [0, 0.05) is 25.0 Å². The molecule has 4 N–H and O–H groups in total. The molecule has 1 unspecified atom stereocenters. The van der Waals surface area contributed by atoms with Crippen LogP contribution in [-0.2, 0) is 26.2 Å². The fourth-order valence-electron chi connectivity index (χ4n) is 4.69. The molecular formula is C30H39N5O6S. The van der Waals surface area contributed by atoms with Crippen LogP contribution in [0.3, 0.4) is 0 Å².